The van der Waals surface area contributed by atoms with Gasteiger partial charge in [0.1, 0.15) is 0 Å². The van der Waals surface area contributed by atoms with Crippen LogP contribution in [0.5, 0.6) is 0 Å². The lowest BCUT2D eigenvalue weighted by Gasteiger charge is -2.15. The summed E-state index contributed by atoms with van der Waals surface area (Å²) >= 11 is 0. The van der Waals surface area contributed by atoms with Gasteiger partial charge in [-0.3, -0.25) is 4.79 Å². The third-order valence-electron chi connectivity index (χ3n) is 2.88. The first kappa shape index (κ1) is 13.5. The third-order valence-corrected chi connectivity index (χ3v) is 4.37. The number of hydrogen-bond donors (Lipinski definition) is 1. The number of carbonyl (C=O) groups is 1. The van der Waals surface area contributed by atoms with Gasteiger partial charge in [-0.05, 0) is 31.0 Å². The fourth-order valence-electron chi connectivity index (χ4n) is 1.90. The van der Waals surface area contributed by atoms with Crippen LogP contribution in [-0.4, -0.2) is 31.7 Å². The molecule has 0 saturated carbocycles. The number of nitrogens with one attached hydrogen (secondary N) is 1. The summed E-state index contributed by atoms with van der Waals surface area (Å²) in [4.78, 5) is 11.9. The summed E-state index contributed by atoms with van der Waals surface area (Å²) in [6.07, 6.45) is 1.61. The molecule has 1 saturated heterocycles. The summed E-state index contributed by atoms with van der Waals surface area (Å²) in [6, 6.07) is 7.81. The van der Waals surface area contributed by atoms with Crippen molar-refractivity contribution in [2.75, 3.05) is 13.1 Å². The van der Waals surface area contributed by atoms with Crippen LogP contribution in [0.1, 0.15) is 28.8 Å². The second-order valence-corrected chi connectivity index (χ2v) is 5.91. The number of carbonyl (C=O) groups excluding carboxylic acids is 1. The van der Waals surface area contributed by atoms with Gasteiger partial charge < -0.3 is 0 Å². The lowest BCUT2D eigenvalue weighted by Crippen LogP contribution is -2.42. The molecule has 19 heavy (non-hydrogen) atoms. The van der Waals surface area contributed by atoms with Gasteiger partial charge in [0.15, 0.2) is 0 Å². The molecule has 7 heteroatoms. The standard InChI is InChI=1S/C12H13N3O3S/c13-9-10-4-3-5-11(8-10)12(16)14-19(17,18)15-6-1-2-7-15/h3-5,8H,1-2,6-7H2,(H,14,16). The Labute approximate surface area is 111 Å². The Kier molecular flexibility index (Phi) is 3.83. The van der Waals surface area contributed by atoms with E-state index < -0.39 is 16.1 Å². The van der Waals surface area contributed by atoms with Crippen molar-refractivity contribution in [1.82, 2.24) is 9.03 Å². The summed E-state index contributed by atoms with van der Waals surface area (Å²) in [5.74, 6) is -0.719. The Bertz CT molecular complexity index is 628. The molecule has 1 amide bonds. The van der Waals surface area contributed by atoms with Crippen LogP contribution in [0.25, 0.3) is 0 Å². The lowest BCUT2D eigenvalue weighted by molar-refractivity contribution is 0.0979. The summed E-state index contributed by atoms with van der Waals surface area (Å²) in [5, 5.41) is 8.74. The van der Waals surface area contributed by atoms with Crippen molar-refractivity contribution in [1.29, 1.82) is 5.26 Å². The zero-order chi connectivity index (χ0) is 13.9. The van der Waals surface area contributed by atoms with E-state index in [1.165, 1.54) is 22.5 Å². The summed E-state index contributed by atoms with van der Waals surface area (Å²) < 4.78 is 27.1. The lowest BCUT2D eigenvalue weighted by atomic mass is 10.1. The number of amides is 1. The van der Waals surface area contributed by atoms with E-state index in [-0.39, 0.29) is 5.56 Å². The fraction of sp³-hybridized carbons (Fsp3) is 0.333. The van der Waals surface area contributed by atoms with Gasteiger partial charge in [-0.2, -0.15) is 18.0 Å². The Balaban J connectivity index is 2.14. The predicted octanol–water partition coefficient (Wildman–Crippen LogP) is 0.629. The topological polar surface area (TPSA) is 90.3 Å². The molecule has 0 bridgehead atoms. The second-order valence-electron chi connectivity index (χ2n) is 4.23. The summed E-state index contributed by atoms with van der Waals surface area (Å²) in [5.41, 5.74) is 0.466. The van der Waals surface area contributed by atoms with Crippen LogP contribution in [0.3, 0.4) is 0 Å². The Morgan fingerprint density at radius 3 is 2.63 bits per heavy atom. The van der Waals surface area contributed by atoms with Gasteiger partial charge in [0.05, 0.1) is 11.6 Å². The molecule has 100 valence electrons. The number of hydrogen-bond acceptors (Lipinski definition) is 4. The van der Waals surface area contributed by atoms with Crippen molar-refractivity contribution in [3.8, 4) is 6.07 Å². The van der Waals surface area contributed by atoms with E-state index in [1.54, 1.807) is 6.07 Å². The van der Waals surface area contributed by atoms with Crippen molar-refractivity contribution in [3.63, 3.8) is 0 Å². The quantitative estimate of drug-likeness (QED) is 0.878. The molecule has 0 spiro atoms. The highest BCUT2D eigenvalue weighted by Gasteiger charge is 2.27. The van der Waals surface area contributed by atoms with E-state index >= 15 is 0 Å². The second kappa shape index (κ2) is 5.38. The fourth-order valence-corrected chi connectivity index (χ4v) is 3.12. The number of nitriles is 1. The molecule has 0 aliphatic carbocycles. The maximum absolute atomic E-state index is 11.9. The van der Waals surface area contributed by atoms with Crippen molar-refractivity contribution >= 4 is 16.1 Å². The Hall–Kier alpha value is -1.91. The average Bonchev–Trinajstić information content (AvgIpc) is 2.93. The van der Waals surface area contributed by atoms with Crippen molar-refractivity contribution in [2.45, 2.75) is 12.8 Å². The molecule has 1 aromatic rings. The highest BCUT2D eigenvalue weighted by Crippen LogP contribution is 2.12. The molecule has 0 aromatic heterocycles. The van der Waals surface area contributed by atoms with Crippen LogP contribution in [0.2, 0.25) is 0 Å². The molecule has 0 unspecified atom stereocenters. The maximum atomic E-state index is 11.9. The average molecular weight is 279 g/mol. The van der Waals surface area contributed by atoms with Crippen LogP contribution in [-0.2, 0) is 10.2 Å². The minimum Gasteiger partial charge on any atom is -0.268 e. The van der Waals surface area contributed by atoms with Crippen molar-refractivity contribution in [2.24, 2.45) is 0 Å². The van der Waals surface area contributed by atoms with Crippen LogP contribution >= 0.6 is 0 Å². The molecule has 0 radical (unpaired) electrons. The summed E-state index contributed by atoms with van der Waals surface area (Å²) in [7, 11) is -3.78. The highest BCUT2D eigenvalue weighted by molar-refractivity contribution is 7.87. The van der Waals surface area contributed by atoms with Crippen molar-refractivity contribution < 1.29 is 13.2 Å². The Morgan fingerprint density at radius 2 is 2.00 bits per heavy atom. The van der Waals surface area contributed by atoms with E-state index in [9.17, 15) is 13.2 Å². The molecule has 1 fully saturated rings. The molecule has 0 atom stereocenters. The largest absolute Gasteiger partial charge is 0.304 e. The first-order valence-corrected chi connectivity index (χ1v) is 7.29. The van der Waals surface area contributed by atoms with Gasteiger partial charge >= 0.3 is 10.2 Å². The van der Waals surface area contributed by atoms with Gasteiger partial charge in [-0.15, -0.1) is 0 Å². The van der Waals surface area contributed by atoms with Gasteiger partial charge in [0.25, 0.3) is 5.91 Å². The molecule has 1 heterocycles. The van der Waals surface area contributed by atoms with Gasteiger partial charge in [0, 0.05) is 18.7 Å². The van der Waals surface area contributed by atoms with Crippen LogP contribution in [0.15, 0.2) is 24.3 Å². The third kappa shape index (κ3) is 3.10. The molecule has 2 rings (SSSR count). The van der Waals surface area contributed by atoms with Crippen LogP contribution in [0, 0.1) is 11.3 Å². The molecule has 1 aliphatic rings. The van der Waals surface area contributed by atoms with Gasteiger partial charge in [0.2, 0.25) is 0 Å². The van der Waals surface area contributed by atoms with Gasteiger partial charge in [-0.1, -0.05) is 6.07 Å². The van der Waals surface area contributed by atoms with Crippen LogP contribution < -0.4 is 4.72 Å². The van der Waals surface area contributed by atoms with E-state index in [2.05, 4.69) is 0 Å². The first-order chi connectivity index (χ1) is 9.03. The van der Waals surface area contributed by atoms with Gasteiger partial charge in [-0.25, -0.2) is 4.72 Å². The molecule has 1 N–H and O–H groups in total. The van der Waals surface area contributed by atoms with Crippen LogP contribution in [0.4, 0.5) is 0 Å². The normalized spacial score (nSPS) is 15.9. The first-order valence-electron chi connectivity index (χ1n) is 5.85. The van der Waals surface area contributed by atoms with E-state index in [0.29, 0.717) is 18.7 Å². The van der Waals surface area contributed by atoms with E-state index in [1.807, 2.05) is 10.8 Å². The minimum absolute atomic E-state index is 0.154. The molecule has 6 nitrogen and oxygen atoms in total. The van der Waals surface area contributed by atoms with E-state index in [0.717, 1.165) is 12.8 Å². The highest BCUT2D eigenvalue weighted by atomic mass is 32.2. The smallest absolute Gasteiger partial charge is 0.268 e. The number of nitrogens with zero attached hydrogens (tertiary/aromatic N) is 2. The number of rotatable bonds is 3. The Morgan fingerprint density at radius 1 is 1.32 bits per heavy atom. The molecular formula is C12H13N3O3S. The SMILES string of the molecule is N#Cc1cccc(C(=O)NS(=O)(=O)N2CCCC2)c1. The maximum Gasteiger partial charge on any atom is 0.304 e. The minimum atomic E-state index is -3.78. The predicted molar refractivity (Wildman–Crippen MR) is 68.4 cm³/mol. The molecule has 1 aromatic carbocycles. The molecular weight excluding hydrogens is 266 g/mol. The zero-order valence-corrected chi connectivity index (χ0v) is 11.0. The van der Waals surface area contributed by atoms with E-state index in [4.69, 9.17) is 5.26 Å². The monoisotopic (exact) mass is 279 g/mol. The number of benzene rings is 1. The summed E-state index contributed by atoms with van der Waals surface area (Å²) in [6.45, 7) is 0.863. The zero-order valence-electron chi connectivity index (χ0n) is 10.2. The van der Waals surface area contributed by atoms with Crippen molar-refractivity contribution in [3.05, 3.63) is 35.4 Å². The molecule has 1 aliphatic heterocycles.